The molecule has 4 heterocycles. The molecule has 2 aliphatic rings. The smallest absolute Gasteiger partial charge is 0.417 e. The molecule has 1 saturated heterocycles. The number of pyridine rings is 1. The maximum absolute atomic E-state index is 16.4. The Morgan fingerprint density at radius 2 is 1.98 bits per heavy atom. The van der Waals surface area contributed by atoms with Gasteiger partial charge in [0.25, 0.3) is 12.3 Å². The predicted octanol–water partition coefficient (Wildman–Crippen LogP) is 4.11. The fourth-order valence-corrected chi connectivity index (χ4v) is 5.47. The number of piperazine rings is 1. The van der Waals surface area contributed by atoms with Crippen LogP contribution in [0.15, 0.2) is 18.3 Å². The van der Waals surface area contributed by atoms with E-state index in [2.05, 4.69) is 20.7 Å². The van der Waals surface area contributed by atoms with Crippen LogP contribution in [0.5, 0.6) is 5.88 Å². The number of nitrogens with one attached hydrogen (secondary N) is 2. The van der Waals surface area contributed by atoms with Crippen LogP contribution in [0.25, 0.3) is 11.3 Å². The van der Waals surface area contributed by atoms with Crippen LogP contribution in [0.4, 0.5) is 42.1 Å². The molecule has 42 heavy (non-hydrogen) atoms. The monoisotopic (exact) mass is 601 g/mol. The summed E-state index contributed by atoms with van der Waals surface area (Å²) < 4.78 is 109. The number of halogens is 7. The lowest BCUT2D eigenvalue weighted by atomic mass is 9.95. The van der Waals surface area contributed by atoms with Crippen LogP contribution in [-0.4, -0.2) is 63.3 Å². The van der Waals surface area contributed by atoms with E-state index in [1.165, 1.54) is 4.68 Å². The molecule has 1 unspecified atom stereocenters. The number of benzene rings is 1. The number of rotatable bonds is 5. The molecule has 2 aromatic heterocycles. The zero-order valence-corrected chi connectivity index (χ0v) is 22.5. The van der Waals surface area contributed by atoms with Gasteiger partial charge in [-0.1, -0.05) is 0 Å². The van der Waals surface area contributed by atoms with E-state index >= 15 is 4.39 Å². The number of nitrogens with zero attached hydrogens (tertiary/aromatic N) is 4. The highest BCUT2D eigenvalue weighted by Gasteiger charge is 2.48. The van der Waals surface area contributed by atoms with Gasteiger partial charge in [-0.15, -0.1) is 0 Å². The number of hydrogen-bond donors (Lipinski definition) is 3. The van der Waals surface area contributed by atoms with E-state index in [1.54, 1.807) is 26.2 Å². The van der Waals surface area contributed by atoms with Crippen molar-refractivity contribution in [2.75, 3.05) is 24.1 Å². The van der Waals surface area contributed by atoms with E-state index in [-0.39, 0.29) is 19.6 Å². The summed E-state index contributed by atoms with van der Waals surface area (Å²) in [6, 6.07) is 0.229. The standard InChI is InChI=1S/C26H26F7N7O2/c1-10-16(26(31,32)33)13(8-14(34)17(10)27)19-18(28)20(36-9-12-4-6-39(3)38-12)15-24(37-19)42-22(23(29)30)21-11(2)35-5-7-40(21)25(15)41/h4,6,8,11,21-23,35H,5,7,9,34H2,1-3H3,(H,36,37)/t11-,21+,22?/m0/s1. The van der Waals surface area contributed by atoms with Crippen molar-refractivity contribution in [2.45, 2.75) is 51.2 Å². The maximum atomic E-state index is 16.4. The fraction of sp³-hybridized carbons (Fsp3) is 0.423. The topological polar surface area (TPSA) is 110 Å². The van der Waals surface area contributed by atoms with Crippen LogP contribution in [-0.2, 0) is 19.8 Å². The largest absolute Gasteiger partial charge is 0.465 e. The average Bonchev–Trinajstić information content (AvgIpc) is 3.27. The number of hydrogen-bond acceptors (Lipinski definition) is 7. The van der Waals surface area contributed by atoms with Gasteiger partial charge in [-0.3, -0.25) is 9.48 Å². The van der Waals surface area contributed by atoms with Gasteiger partial charge in [0.05, 0.1) is 35.2 Å². The van der Waals surface area contributed by atoms with Crippen molar-refractivity contribution in [3.8, 4) is 17.1 Å². The molecule has 226 valence electrons. The number of ether oxygens (including phenoxy) is 1. The Kier molecular flexibility index (Phi) is 7.45. The molecule has 4 N–H and O–H groups in total. The zero-order valence-electron chi connectivity index (χ0n) is 22.5. The van der Waals surface area contributed by atoms with Crippen LogP contribution in [0.1, 0.15) is 34.1 Å². The van der Waals surface area contributed by atoms with Crippen molar-refractivity contribution >= 4 is 17.3 Å². The molecule has 1 aromatic carbocycles. The number of carbonyl (C=O) groups excluding carboxylic acids is 1. The Bertz CT molecular complexity index is 1540. The SMILES string of the molecule is Cc1c(F)c(N)cc(-c2nc3c(c(NCc4ccn(C)n4)c2F)C(=O)N2CCN[C@@H](C)[C@@H]2C(C(F)F)O3)c1C(F)(F)F. The third-order valence-corrected chi connectivity index (χ3v) is 7.38. The van der Waals surface area contributed by atoms with Crippen molar-refractivity contribution in [1.29, 1.82) is 0 Å². The molecule has 5 rings (SSSR count). The molecule has 9 nitrogen and oxygen atoms in total. The van der Waals surface area contributed by atoms with Crippen molar-refractivity contribution < 1.29 is 40.3 Å². The highest BCUT2D eigenvalue weighted by atomic mass is 19.4. The van der Waals surface area contributed by atoms with Crippen LogP contribution >= 0.6 is 0 Å². The minimum Gasteiger partial charge on any atom is -0.465 e. The zero-order chi connectivity index (χ0) is 30.7. The summed E-state index contributed by atoms with van der Waals surface area (Å²) in [6.07, 6.45) is -8.73. The average molecular weight is 602 g/mol. The Labute approximate surface area is 234 Å². The second-order valence-corrected chi connectivity index (χ2v) is 10.1. The summed E-state index contributed by atoms with van der Waals surface area (Å²) in [6.45, 7) is 2.38. The third-order valence-electron chi connectivity index (χ3n) is 7.38. The Balaban J connectivity index is 1.79. The molecule has 0 saturated carbocycles. The van der Waals surface area contributed by atoms with Crippen molar-refractivity contribution in [2.24, 2.45) is 7.05 Å². The molecular formula is C26H26F7N7O2. The number of nitrogens with two attached hydrogens (primary N) is 1. The van der Waals surface area contributed by atoms with Gasteiger partial charge in [0.2, 0.25) is 5.88 Å². The summed E-state index contributed by atoms with van der Waals surface area (Å²) in [5, 5.41) is 9.82. The highest BCUT2D eigenvalue weighted by Crippen LogP contribution is 2.45. The van der Waals surface area contributed by atoms with E-state index in [1.807, 2.05) is 0 Å². The molecule has 3 aromatic rings. The Morgan fingerprint density at radius 1 is 1.26 bits per heavy atom. The predicted molar refractivity (Wildman–Crippen MR) is 137 cm³/mol. The normalized spacial score (nSPS) is 20.7. The number of carbonyl (C=O) groups is 1. The van der Waals surface area contributed by atoms with Crippen molar-refractivity contribution in [3.05, 3.63) is 52.3 Å². The van der Waals surface area contributed by atoms with Crippen LogP contribution in [0.3, 0.4) is 0 Å². The molecular weight excluding hydrogens is 575 g/mol. The van der Waals surface area contributed by atoms with Gasteiger partial charge in [0.15, 0.2) is 11.9 Å². The second kappa shape index (κ2) is 10.6. The van der Waals surface area contributed by atoms with Gasteiger partial charge < -0.3 is 26.0 Å². The van der Waals surface area contributed by atoms with Gasteiger partial charge in [-0.25, -0.2) is 22.5 Å². The minimum atomic E-state index is -5.19. The van der Waals surface area contributed by atoms with Gasteiger partial charge in [0.1, 0.15) is 17.1 Å². The molecule has 0 aliphatic carbocycles. The first-order valence-corrected chi connectivity index (χ1v) is 12.8. The lowest BCUT2D eigenvalue weighted by Crippen LogP contribution is -2.64. The summed E-state index contributed by atoms with van der Waals surface area (Å²) in [5.41, 5.74) is -0.429. The molecule has 0 radical (unpaired) electrons. The van der Waals surface area contributed by atoms with E-state index in [4.69, 9.17) is 10.5 Å². The molecule has 2 aliphatic heterocycles. The van der Waals surface area contributed by atoms with Crippen molar-refractivity contribution in [3.63, 3.8) is 0 Å². The van der Waals surface area contributed by atoms with Gasteiger partial charge in [-0.05, 0) is 31.5 Å². The van der Waals surface area contributed by atoms with E-state index < -0.39 is 93.5 Å². The fourth-order valence-electron chi connectivity index (χ4n) is 5.47. The number of fused-ring (bicyclic) bond motifs is 2. The van der Waals surface area contributed by atoms with E-state index in [0.717, 1.165) is 11.8 Å². The lowest BCUT2D eigenvalue weighted by Gasteiger charge is -2.42. The first-order chi connectivity index (χ1) is 19.7. The number of aromatic nitrogens is 3. The van der Waals surface area contributed by atoms with E-state index in [9.17, 15) is 31.1 Å². The maximum Gasteiger partial charge on any atom is 0.417 e. The van der Waals surface area contributed by atoms with E-state index in [0.29, 0.717) is 11.8 Å². The summed E-state index contributed by atoms with van der Waals surface area (Å²) in [7, 11) is 1.62. The van der Waals surface area contributed by atoms with Crippen LogP contribution < -0.4 is 21.1 Å². The number of aryl methyl sites for hydroxylation is 1. The number of amides is 1. The van der Waals surface area contributed by atoms with Crippen LogP contribution in [0, 0.1) is 18.6 Å². The molecule has 0 spiro atoms. The lowest BCUT2D eigenvalue weighted by molar-refractivity contribution is -0.137. The molecule has 1 amide bonds. The summed E-state index contributed by atoms with van der Waals surface area (Å²) in [4.78, 5) is 18.9. The molecule has 16 heteroatoms. The van der Waals surface area contributed by atoms with Crippen molar-refractivity contribution in [1.82, 2.24) is 25.0 Å². The first-order valence-electron chi connectivity index (χ1n) is 12.8. The third kappa shape index (κ3) is 4.97. The Morgan fingerprint density at radius 3 is 2.60 bits per heavy atom. The number of alkyl halides is 5. The minimum absolute atomic E-state index is 0.0329. The van der Waals surface area contributed by atoms with Gasteiger partial charge >= 0.3 is 6.18 Å². The Hall–Kier alpha value is -4.08. The van der Waals surface area contributed by atoms with Crippen LogP contribution in [0.2, 0.25) is 0 Å². The summed E-state index contributed by atoms with van der Waals surface area (Å²) >= 11 is 0. The number of anilines is 2. The molecule has 0 bridgehead atoms. The summed E-state index contributed by atoms with van der Waals surface area (Å²) in [5.74, 6) is -4.50. The number of nitrogen functional groups attached to an aromatic ring is 1. The van der Waals surface area contributed by atoms with Gasteiger partial charge in [-0.2, -0.15) is 18.3 Å². The van der Waals surface area contributed by atoms with Gasteiger partial charge in [0, 0.05) is 37.9 Å². The highest BCUT2D eigenvalue weighted by molar-refractivity contribution is 6.03. The molecule has 3 atom stereocenters. The quantitative estimate of drug-likeness (QED) is 0.298. The molecule has 1 fully saturated rings. The second-order valence-electron chi connectivity index (χ2n) is 10.1. The first kappa shape index (κ1) is 29.4.